The molecule has 1 aliphatic rings. The Kier molecular flexibility index (Phi) is 3.96. The predicted octanol–water partition coefficient (Wildman–Crippen LogP) is 2.04. The number of aromatic nitrogens is 2. The average Bonchev–Trinajstić information content (AvgIpc) is 2.98. The molecule has 1 N–H and O–H groups in total. The van der Waals surface area contributed by atoms with Crippen molar-refractivity contribution in [3.05, 3.63) is 22.2 Å². The third kappa shape index (κ3) is 2.94. The van der Waals surface area contributed by atoms with E-state index >= 15 is 0 Å². The van der Waals surface area contributed by atoms with Crippen LogP contribution in [0.5, 0.6) is 5.75 Å². The average molecular weight is 292 g/mol. The maximum atomic E-state index is 10.9. The second-order valence-electron chi connectivity index (χ2n) is 5.09. The van der Waals surface area contributed by atoms with Gasteiger partial charge < -0.3 is 10.1 Å². The summed E-state index contributed by atoms with van der Waals surface area (Å²) in [5, 5.41) is 21.6. The quantitative estimate of drug-likeness (QED) is 0.664. The van der Waals surface area contributed by atoms with Gasteiger partial charge in [0, 0.05) is 12.1 Å². The fraction of sp³-hybridized carbons (Fsp3) is 0.538. The van der Waals surface area contributed by atoms with Crippen LogP contribution in [0.25, 0.3) is 11.0 Å². The van der Waals surface area contributed by atoms with E-state index in [4.69, 9.17) is 4.74 Å². The molecule has 3 rings (SSSR count). The van der Waals surface area contributed by atoms with Gasteiger partial charge in [0.1, 0.15) is 0 Å². The van der Waals surface area contributed by atoms with E-state index < -0.39 is 4.92 Å². The number of nitro groups is 1. The summed E-state index contributed by atoms with van der Waals surface area (Å²) in [7, 11) is 0. The van der Waals surface area contributed by atoms with E-state index in [-0.39, 0.29) is 11.2 Å². The van der Waals surface area contributed by atoms with Gasteiger partial charge in [0.2, 0.25) is 5.52 Å². The van der Waals surface area contributed by atoms with Gasteiger partial charge in [-0.25, -0.2) is 4.63 Å². The van der Waals surface area contributed by atoms with Gasteiger partial charge in [-0.15, -0.1) is 0 Å². The SMILES string of the molecule is O=[N+]([O-])c1ccc(OCCC2CCCCN2)c2nonc12. The van der Waals surface area contributed by atoms with Gasteiger partial charge in [0.25, 0.3) is 0 Å². The lowest BCUT2D eigenvalue weighted by atomic mass is 10.0. The Balaban J connectivity index is 1.68. The molecule has 112 valence electrons. The molecule has 8 heteroatoms. The van der Waals surface area contributed by atoms with Gasteiger partial charge in [-0.2, -0.15) is 0 Å². The molecule has 1 aromatic heterocycles. The van der Waals surface area contributed by atoms with Crippen molar-refractivity contribution in [3.63, 3.8) is 0 Å². The Hall–Kier alpha value is -2.22. The van der Waals surface area contributed by atoms with Crippen molar-refractivity contribution in [3.8, 4) is 5.75 Å². The van der Waals surface area contributed by atoms with Crippen LogP contribution < -0.4 is 10.1 Å². The van der Waals surface area contributed by atoms with Crippen molar-refractivity contribution < 1.29 is 14.3 Å². The second kappa shape index (κ2) is 6.04. The number of nitrogens with zero attached hydrogens (tertiary/aromatic N) is 3. The molecule has 1 unspecified atom stereocenters. The summed E-state index contributed by atoms with van der Waals surface area (Å²) >= 11 is 0. The van der Waals surface area contributed by atoms with Gasteiger partial charge in [-0.05, 0) is 42.2 Å². The summed E-state index contributed by atoms with van der Waals surface area (Å²) in [5.74, 6) is 0.465. The summed E-state index contributed by atoms with van der Waals surface area (Å²) in [5.41, 5.74) is 0.279. The molecule has 1 fully saturated rings. The van der Waals surface area contributed by atoms with Gasteiger partial charge in [0.05, 0.1) is 11.5 Å². The van der Waals surface area contributed by atoms with Crippen LogP contribution in [0.4, 0.5) is 5.69 Å². The molecule has 0 aliphatic carbocycles. The fourth-order valence-corrected chi connectivity index (χ4v) is 2.58. The van der Waals surface area contributed by atoms with E-state index in [0.717, 1.165) is 19.4 Å². The molecular formula is C13H16N4O4. The highest BCUT2D eigenvalue weighted by Gasteiger charge is 2.20. The first-order chi connectivity index (χ1) is 10.3. The summed E-state index contributed by atoms with van der Waals surface area (Å²) < 4.78 is 10.3. The highest BCUT2D eigenvalue weighted by molar-refractivity contribution is 5.88. The van der Waals surface area contributed by atoms with Crippen LogP contribution in [0.15, 0.2) is 16.8 Å². The smallest absolute Gasteiger partial charge is 0.301 e. The van der Waals surface area contributed by atoms with Crippen molar-refractivity contribution in [2.24, 2.45) is 0 Å². The van der Waals surface area contributed by atoms with E-state index in [9.17, 15) is 10.1 Å². The standard InChI is InChI=1S/C13H16N4O4/c18-17(19)10-4-5-11(13-12(10)15-21-16-13)20-8-6-9-3-1-2-7-14-9/h4-5,9,14H,1-3,6-8H2. The number of ether oxygens (including phenoxy) is 1. The number of nitro benzene ring substituents is 1. The van der Waals surface area contributed by atoms with E-state index in [0.29, 0.717) is 23.9 Å². The summed E-state index contributed by atoms with van der Waals surface area (Å²) in [4.78, 5) is 10.4. The van der Waals surface area contributed by atoms with Crippen LogP contribution in [0.3, 0.4) is 0 Å². The fourth-order valence-electron chi connectivity index (χ4n) is 2.58. The van der Waals surface area contributed by atoms with Crippen molar-refractivity contribution >= 4 is 16.7 Å². The third-order valence-electron chi connectivity index (χ3n) is 3.69. The molecule has 0 spiro atoms. The molecule has 1 saturated heterocycles. The van der Waals surface area contributed by atoms with Gasteiger partial charge in [-0.3, -0.25) is 10.1 Å². The first-order valence-corrected chi connectivity index (χ1v) is 7.01. The normalized spacial score (nSPS) is 18.8. The first kappa shape index (κ1) is 13.7. The molecule has 0 saturated carbocycles. The molecule has 21 heavy (non-hydrogen) atoms. The maximum absolute atomic E-state index is 10.9. The van der Waals surface area contributed by atoms with Crippen molar-refractivity contribution in [1.82, 2.24) is 15.6 Å². The number of non-ortho nitro benzene ring substituents is 1. The lowest BCUT2D eigenvalue weighted by Crippen LogP contribution is -2.35. The second-order valence-corrected chi connectivity index (χ2v) is 5.09. The summed E-state index contributed by atoms with van der Waals surface area (Å²) in [6, 6.07) is 3.38. The van der Waals surface area contributed by atoms with E-state index in [1.54, 1.807) is 6.07 Å². The first-order valence-electron chi connectivity index (χ1n) is 7.01. The minimum atomic E-state index is -0.512. The van der Waals surface area contributed by atoms with Crippen LogP contribution in [0.1, 0.15) is 25.7 Å². The lowest BCUT2D eigenvalue weighted by Gasteiger charge is -2.23. The Morgan fingerprint density at radius 2 is 2.24 bits per heavy atom. The minimum Gasteiger partial charge on any atom is -0.491 e. The number of hydrogen-bond donors (Lipinski definition) is 1. The zero-order chi connectivity index (χ0) is 14.7. The molecular weight excluding hydrogens is 276 g/mol. The Morgan fingerprint density at radius 1 is 1.38 bits per heavy atom. The van der Waals surface area contributed by atoms with Crippen LogP contribution in [-0.2, 0) is 0 Å². The third-order valence-corrected chi connectivity index (χ3v) is 3.69. The van der Waals surface area contributed by atoms with Crippen LogP contribution in [0, 0.1) is 10.1 Å². The predicted molar refractivity (Wildman–Crippen MR) is 74.2 cm³/mol. The van der Waals surface area contributed by atoms with E-state index in [1.165, 1.54) is 18.9 Å². The van der Waals surface area contributed by atoms with E-state index in [2.05, 4.69) is 20.3 Å². The monoisotopic (exact) mass is 292 g/mol. The number of hydrogen-bond acceptors (Lipinski definition) is 7. The Morgan fingerprint density at radius 3 is 3.00 bits per heavy atom. The molecule has 2 aromatic rings. The maximum Gasteiger partial charge on any atom is 0.301 e. The van der Waals surface area contributed by atoms with Crippen LogP contribution in [0.2, 0.25) is 0 Å². The van der Waals surface area contributed by atoms with Gasteiger partial charge in [0.15, 0.2) is 11.3 Å². The Labute approximate surface area is 120 Å². The highest BCUT2D eigenvalue weighted by atomic mass is 16.6. The number of rotatable bonds is 5. The summed E-state index contributed by atoms with van der Waals surface area (Å²) in [6.07, 6.45) is 4.52. The van der Waals surface area contributed by atoms with Crippen LogP contribution in [-0.4, -0.2) is 34.4 Å². The van der Waals surface area contributed by atoms with Crippen LogP contribution >= 0.6 is 0 Å². The molecule has 0 bridgehead atoms. The number of nitrogens with one attached hydrogen (secondary N) is 1. The summed E-state index contributed by atoms with van der Waals surface area (Å²) in [6.45, 7) is 1.58. The minimum absolute atomic E-state index is 0.119. The number of fused-ring (bicyclic) bond motifs is 1. The van der Waals surface area contributed by atoms with Gasteiger partial charge in [-0.1, -0.05) is 6.42 Å². The lowest BCUT2D eigenvalue weighted by molar-refractivity contribution is -0.383. The molecule has 0 amide bonds. The van der Waals surface area contributed by atoms with Gasteiger partial charge >= 0.3 is 5.69 Å². The molecule has 1 aliphatic heterocycles. The topological polar surface area (TPSA) is 103 Å². The number of benzene rings is 1. The molecule has 8 nitrogen and oxygen atoms in total. The Bertz CT molecular complexity index is 636. The molecule has 1 aromatic carbocycles. The van der Waals surface area contributed by atoms with Crippen molar-refractivity contribution in [2.45, 2.75) is 31.7 Å². The molecule has 1 atom stereocenters. The van der Waals surface area contributed by atoms with Crippen molar-refractivity contribution in [2.75, 3.05) is 13.2 Å². The van der Waals surface area contributed by atoms with Crippen molar-refractivity contribution in [1.29, 1.82) is 0 Å². The molecule has 2 heterocycles. The number of piperidine rings is 1. The van der Waals surface area contributed by atoms with E-state index in [1.807, 2.05) is 0 Å². The largest absolute Gasteiger partial charge is 0.491 e. The highest BCUT2D eigenvalue weighted by Crippen LogP contribution is 2.30. The molecule has 0 radical (unpaired) electrons. The zero-order valence-corrected chi connectivity index (χ0v) is 11.4. The zero-order valence-electron chi connectivity index (χ0n) is 11.4.